The normalized spacial score (nSPS) is 10.3. The van der Waals surface area contributed by atoms with Crippen LogP contribution in [0.4, 0.5) is 5.69 Å². The summed E-state index contributed by atoms with van der Waals surface area (Å²) in [7, 11) is 0. The summed E-state index contributed by atoms with van der Waals surface area (Å²) in [6, 6.07) is 12.2. The molecule has 0 spiro atoms. The summed E-state index contributed by atoms with van der Waals surface area (Å²) in [5, 5.41) is 0. The van der Waals surface area contributed by atoms with Crippen LogP contribution in [-0.4, -0.2) is 4.98 Å². The molecule has 0 amide bonds. The summed E-state index contributed by atoms with van der Waals surface area (Å²) in [5.41, 5.74) is 10.4. The number of rotatable bonds is 3. The monoisotopic (exact) mass is 212 g/mol. The fourth-order valence-electron chi connectivity index (χ4n) is 1.77. The van der Waals surface area contributed by atoms with Gasteiger partial charge in [-0.1, -0.05) is 24.3 Å². The molecule has 0 saturated heterocycles. The van der Waals surface area contributed by atoms with Crippen LogP contribution in [0.3, 0.4) is 0 Å². The maximum atomic E-state index is 6.03. The lowest BCUT2D eigenvalue weighted by molar-refractivity contribution is 0.915. The van der Waals surface area contributed by atoms with E-state index in [9.17, 15) is 0 Å². The average molecular weight is 212 g/mol. The second-order valence-corrected chi connectivity index (χ2v) is 3.97. The quantitative estimate of drug-likeness (QED) is 0.794. The lowest BCUT2D eigenvalue weighted by Gasteiger charge is -2.07. The highest BCUT2D eigenvalue weighted by molar-refractivity contribution is 5.53. The van der Waals surface area contributed by atoms with Gasteiger partial charge in [0.15, 0.2) is 0 Å². The van der Waals surface area contributed by atoms with E-state index < -0.39 is 0 Å². The van der Waals surface area contributed by atoms with Crippen molar-refractivity contribution in [1.82, 2.24) is 4.98 Å². The number of benzene rings is 1. The Morgan fingerprint density at radius 1 is 1.06 bits per heavy atom. The van der Waals surface area contributed by atoms with Gasteiger partial charge < -0.3 is 5.73 Å². The first kappa shape index (κ1) is 10.7. The first-order valence-electron chi connectivity index (χ1n) is 5.51. The number of hydrogen-bond donors (Lipinski definition) is 1. The lowest BCUT2D eigenvalue weighted by atomic mass is 10.0. The number of nitrogen functional groups attached to an aromatic ring is 1. The molecule has 0 aliphatic rings. The fourth-order valence-corrected chi connectivity index (χ4v) is 1.77. The second kappa shape index (κ2) is 4.79. The number of para-hydroxylation sites is 1. The SMILES string of the molecule is Cc1cccc(CCc2ccccn2)c1N. The number of hydrogen-bond acceptors (Lipinski definition) is 2. The first-order valence-corrected chi connectivity index (χ1v) is 5.51. The molecule has 0 aliphatic carbocycles. The number of aryl methyl sites for hydroxylation is 3. The Morgan fingerprint density at radius 3 is 2.69 bits per heavy atom. The highest BCUT2D eigenvalue weighted by Gasteiger charge is 2.02. The molecule has 0 aliphatic heterocycles. The van der Waals surface area contributed by atoms with Crippen LogP contribution in [0.25, 0.3) is 0 Å². The first-order chi connectivity index (χ1) is 7.77. The minimum Gasteiger partial charge on any atom is -0.398 e. The van der Waals surface area contributed by atoms with E-state index in [2.05, 4.69) is 17.1 Å². The van der Waals surface area contributed by atoms with Crippen molar-refractivity contribution in [3.05, 3.63) is 59.4 Å². The molecular weight excluding hydrogens is 196 g/mol. The third-order valence-corrected chi connectivity index (χ3v) is 2.79. The van der Waals surface area contributed by atoms with Crippen molar-refractivity contribution in [3.8, 4) is 0 Å². The zero-order valence-electron chi connectivity index (χ0n) is 9.48. The molecular formula is C14H16N2. The van der Waals surface area contributed by atoms with Crippen molar-refractivity contribution in [2.24, 2.45) is 0 Å². The van der Waals surface area contributed by atoms with Crippen LogP contribution in [0, 0.1) is 6.92 Å². The molecule has 1 aromatic heterocycles. The van der Waals surface area contributed by atoms with Crippen LogP contribution in [0.1, 0.15) is 16.8 Å². The highest BCUT2D eigenvalue weighted by atomic mass is 14.7. The van der Waals surface area contributed by atoms with E-state index in [4.69, 9.17) is 5.73 Å². The Hall–Kier alpha value is -1.83. The molecule has 16 heavy (non-hydrogen) atoms. The third kappa shape index (κ3) is 2.40. The van der Waals surface area contributed by atoms with E-state index in [1.807, 2.05) is 37.4 Å². The Labute approximate surface area is 96.1 Å². The molecule has 0 saturated carbocycles. The smallest absolute Gasteiger partial charge is 0.0406 e. The Kier molecular flexibility index (Phi) is 3.20. The standard InChI is InChI=1S/C14H16N2/c1-11-5-4-6-12(14(11)15)8-9-13-7-2-3-10-16-13/h2-7,10H,8-9,15H2,1H3. The van der Waals surface area contributed by atoms with Crippen LogP contribution in [-0.2, 0) is 12.8 Å². The summed E-state index contributed by atoms with van der Waals surface area (Å²) >= 11 is 0. The van der Waals surface area contributed by atoms with Crippen molar-refractivity contribution in [3.63, 3.8) is 0 Å². The molecule has 0 atom stereocenters. The van der Waals surface area contributed by atoms with E-state index >= 15 is 0 Å². The van der Waals surface area contributed by atoms with Gasteiger partial charge in [-0.2, -0.15) is 0 Å². The van der Waals surface area contributed by atoms with Gasteiger partial charge in [0, 0.05) is 17.6 Å². The average Bonchev–Trinajstić information content (AvgIpc) is 2.32. The van der Waals surface area contributed by atoms with Crippen LogP contribution in [0.15, 0.2) is 42.6 Å². The summed E-state index contributed by atoms with van der Waals surface area (Å²) in [6.45, 7) is 2.04. The van der Waals surface area contributed by atoms with E-state index in [-0.39, 0.29) is 0 Å². The number of nitrogens with two attached hydrogens (primary N) is 1. The van der Waals surface area contributed by atoms with Gasteiger partial charge in [0.05, 0.1) is 0 Å². The van der Waals surface area contributed by atoms with Gasteiger partial charge in [-0.15, -0.1) is 0 Å². The molecule has 2 aromatic rings. The Balaban J connectivity index is 2.08. The molecule has 2 nitrogen and oxygen atoms in total. The molecule has 2 heteroatoms. The molecule has 1 aromatic carbocycles. The Morgan fingerprint density at radius 2 is 1.94 bits per heavy atom. The topological polar surface area (TPSA) is 38.9 Å². The molecule has 0 fully saturated rings. The minimum atomic E-state index is 0.915. The molecule has 2 N–H and O–H groups in total. The summed E-state index contributed by atoms with van der Waals surface area (Å²) in [5.74, 6) is 0. The van der Waals surface area contributed by atoms with E-state index in [1.165, 1.54) is 5.56 Å². The van der Waals surface area contributed by atoms with Gasteiger partial charge in [-0.25, -0.2) is 0 Å². The van der Waals surface area contributed by atoms with Crippen LogP contribution >= 0.6 is 0 Å². The van der Waals surface area contributed by atoms with Gasteiger partial charge in [-0.3, -0.25) is 4.98 Å². The van der Waals surface area contributed by atoms with Crippen LogP contribution in [0.5, 0.6) is 0 Å². The maximum absolute atomic E-state index is 6.03. The number of anilines is 1. The number of pyridine rings is 1. The fraction of sp³-hybridized carbons (Fsp3) is 0.214. The summed E-state index contributed by atoms with van der Waals surface area (Å²) < 4.78 is 0. The molecule has 0 radical (unpaired) electrons. The van der Waals surface area contributed by atoms with Gasteiger partial charge in [-0.05, 0) is 43.0 Å². The summed E-state index contributed by atoms with van der Waals surface area (Å²) in [4.78, 5) is 4.31. The Bertz CT molecular complexity index is 463. The zero-order valence-corrected chi connectivity index (χ0v) is 9.48. The maximum Gasteiger partial charge on any atom is 0.0406 e. The molecule has 2 rings (SSSR count). The summed E-state index contributed by atoms with van der Waals surface area (Å²) in [6.07, 6.45) is 3.72. The van der Waals surface area contributed by atoms with E-state index in [1.54, 1.807) is 0 Å². The van der Waals surface area contributed by atoms with Gasteiger partial charge in [0.2, 0.25) is 0 Å². The lowest BCUT2D eigenvalue weighted by Crippen LogP contribution is -2.00. The van der Waals surface area contributed by atoms with Crippen molar-refractivity contribution < 1.29 is 0 Å². The van der Waals surface area contributed by atoms with Gasteiger partial charge in [0.25, 0.3) is 0 Å². The van der Waals surface area contributed by atoms with Gasteiger partial charge >= 0.3 is 0 Å². The van der Waals surface area contributed by atoms with Crippen LogP contribution < -0.4 is 5.73 Å². The minimum absolute atomic E-state index is 0.915. The number of nitrogens with zero attached hydrogens (tertiary/aromatic N) is 1. The van der Waals surface area contributed by atoms with Crippen molar-refractivity contribution in [2.45, 2.75) is 19.8 Å². The predicted molar refractivity (Wildman–Crippen MR) is 67.2 cm³/mol. The van der Waals surface area contributed by atoms with Crippen molar-refractivity contribution in [2.75, 3.05) is 5.73 Å². The third-order valence-electron chi connectivity index (χ3n) is 2.79. The second-order valence-electron chi connectivity index (χ2n) is 3.97. The van der Waals surface area contributed by atoms with E-state index in [0.29, 0.717) is 0 Å². The molecule has 1 heterocycles. The highest BCUT2D eigenvalue weighted by Crippen LogP contribution is 2.17. The largest absolute Gasteiger partial charge is 0.398 e. The predicted octanol–water partition coefficient (Wildman–Crippen LogP) is 2.76. The molecule has 82 valence electrons. The van der Waals surface area contributed by atoms with Gasteiger partial charge in [0.1, 0.15) is 0 Å². The van der Waals surface area contributed by atoms with Crippen LogP contribution in [0.2, 0.25) is 0 Å². The van der Waals surface area contributed by atoms with E-state index in [0.717, 1.165) is 29.8 Å². The van der Waals surface area contributed by atoms with Crippen molar-refractivity contribution >= 4 is 5.69 Å². The van der Waals surface area contributed by atoms with Crippen molar-refractivity contribution in [1.29, 1.82) is 0 Å². The molecule has 0 unspecified atom stereocenters. The zero-order chi connectivity index (χ0) is 11.4. The number of aromatic nitrogens is 1. The molecule has 0 bridgehead atoms.